The van der Waals surface area contributed by atoms with Crippen LogP contribution in [0.4, 0.5) is 10.1 Å². The fourth-order valence-corrected chi connectivity index (χ4v) is 4.24. The third-order valence-electron chi connectivity index (χ3n) is 6.00. The third kappa shape index (κ3) is 4.64. The molecule has 1 heterocycles. The maximum absolute atomic E-state index is 13.2. The molecule has 1 aliphatic rings. The molecule has 3 aromatic carbocycles. The topological polar surface area (TPSA) is 58.8 Å². The van der Waals surface area contributed by atoms with Crippen LogP contribution < -0.4 is 10.5 Å². The Morgan fingerprint density at radius 2 is 1.71 bits per heavy atom. The highest BCUT2D eigenvalue weighted by molar-refractivity contribution is 5.96. The molecule has 0 spiro atoms. The number of rotatable bonds is 5. The van der Waals surface area contributed by atoms with Crippen LogP contribution in [0.15, 0.2) is 60.7 Å². The lowest BCUT2D eigenvalue weighted by Crippen LogP contribution is -2.58. The molecule has 1 saturated heterocycles. The van der Waals surface area contributed by atoms with Crippen molar-refractivity contribution in [1.82, 2.24) is 9.80 Å². The molecule has 2 atom stereocenters. The summed E-state index contributed by atoms with van der Waals surface area (Å²) in [5.74, 6) is 0.407. The number of benzene rings is 3. The van der Waals surface area contributed by atoms with Crippen LogP contribution in [-0.2, 0) is 11.3 Å². The quantitative estimate of drug-likeness (QED) is 0.631. The predicted octanol–water partition coefficient (Wildman–Crippen LogP) is 4.06. The Labute approximate surface area is 182 Å². The van der Waals surface area contributed by atoms with E-state index < -0.39 is 0 Å². The summed E-state index contributed by atoms with van der Waals surface area (Å²) in [4.78, 5) is 17.2. The van der Waals surface area contributed by atoms with Crippen molar-refractivity contribution in [2.75, 3.05) is 25.4 Å². The zero-order chi connectivity index (χ0) is 22.0. The summed E-state index contributed by atoms with van der Waals surface area (Å²) in [6.45, 7) is 6.29. The molecule has 0 unspecified atom stereocenters. The van der Waals surface area contributed by atoms with Gasteiger partial charge in [0.1, 0.15) is 11.6 Å². The highest BCUT2D eigenvalue weighted by Gasteiger charge is 2.32. The minimum atomic E-state index is -0.227. The van der Waals surface area contributed by atoms with Crippen molar-refractivity contribution in [3.63, 3.8) is 0 Å². The van der Waals surface area contributed by atoms with E-state index in [1.54, 1.807) is 0 Å². The van der Waals surface area contributed by atoms with Crippen LogP contribution in [0.2, 0.25) is 0 Å². The molecule has 0 aliphatic carbocycles. The average molecular weight is 422 g/mol. The molecule has 6 heteroatoms. The van der Waals surface area contributed by atoms with Gasteiger partial charge >= 0.3 is 0 Å². The zero-order valence-electron chi connectivity index (χ0n) is 17.9. The third-order valence-corrected chi connectivity index (χ3v) is 6.00. The summed E-state index contributed by atoms with van der Waals surface area (Å²) >= 11 is 0. The number of piperazine rings is 1. The number of nitrogens with zero attached hydrogens (tertiary/aromatic N) is 2. The Bertz CT molecular complexity index is 1070. The van der Waals surface area contributed by atoms with Gasteiger partial charge in [-0.05, 0) is 43.7 Å². The molecule has 0 radical (unpaired) electrons. The van der Waals surface area contributed by atoms with Gasteiger partial charge in [0.25, 0.3) is 5.91 Å². The van der Waals surface area contributed by atoms with Crippen molar-refractivity contribution in [2.24, 2.45) is 0 Å². The lowest BCUT2D eigenvalue weighted by molar-refractivity contribution is -0.139. The normalized spacial score (nSPS) is 19.5. The number of ether oxygens (including phenoxy) is 1. The maximum atomic E-state index is 13.2. The van der Waals surface area contributed by atoms with Crippen LogP contribution in [0.3, 0.4) is 0 Å². The molecule has 0 aromatic heterocycles. The number of nitrogens with two attached hydrogens (primary N) is 1. The van der Waals surface area contributed by atoms with Crippen molar-refractivity contribution in [3.05, 3.63) is 72.0 Å². The van der Waals surface area contributed by atoms with Crippen LogP contribution in [0.1, 0.15) is 19.4 Å². The summed E-state index contributed by atoms with van der Waals surface area (Å²) in [7, 11) is 0. The summed E-state index contributed by atoms with van der Waals surface area (Å²) in [6, 6.07) is 18.3. The number of amides is 1. The minimum Gasteiger partial charge on any atom is -0.483 e. The van der Waals surface area contributed by atoms with E-state index in [-0.39, 0.29) is 30.4 Å². The molecule has 2 N–H and O–H groups in total. The SMILES string of the molecule is C[C@@H]1CN(Cc2ccc(F)cc2)[C@@H](C)CN1C(=O)COc1cccc2c(N)cccc12. The van der Waals surface area contributed by atoms with Crippen molar-refractivity contribution in [3.8, 4) is 5.75 Å². The number of hydrogen-bond donors (Lipinski definition) is 1. The Hall–Kier alpha value is -3.12. The Morgan fingerprint density at radius 3 is 2.48 bits per heavy atom. The van der Waals surface area contributed by atoms with E-state index in [0.29, 0.717) is 18.0 Å². The predicted molar refractivity (Wildman–Crippen MR) is 121 cm³/mol. The molecule has 1 aliphatic heterocycles. The standard InChI is InChI=1S/C25H28FN3O2/c1-17-14-29(18(2)13-28(17)15-19-9-11-20(26)12-10-19)25(30)16-31-24-8-4-5-21-22(24)6-3-7-23(21)27/h3-12,17-18H,13-16,27H2,1-2H3/t17-,18+/m0/s1. The second kappa shape index (κ2) is 8.94. The smallest absolute Gasteiger partial charge is 0.260 e. The maximum Gasteiger partial charge on any atom is 0.260 e. The van der Waals surface area contributed by atoms with Crippen molar-refractivity contribution in [1.29, 1.82) is 0 Å². The van der Waals surface area contributed by atoms with Crippen molar-refractivity contribution >= 4 is 22.4 Å². The van der Waals surface area contributed by atoms with Gasteiger partial charge in [0.15, 0.2) is 6.61 Å². The first-order chi connectivity index (χ1) is 14.9. The molecule has 31 heavy (non-hydrogen) atoms. The van der Waals surface area contributed by atoms with Gasteiger partial charge in [0.2, 0.25) is 0 Å². The van der Waals surface area contributed by atoms with Gasteiger partial charge in [-0.25, -0.2) is 4.39 Å². The Morgan fingerprint density at radius 1 is 1.00 bits per heavy atom. The number of halogens is 1. The van der Waals surface area contributed by atoms with Crippen molar-refractivity contribution in [2.45, 2.75) is 32.5 Å². The first kappa shape index (κ1) is 21.1. The van der Waals surface area contributed by atoms with Crippen LogP contribution in [-0.4, -0.2) is 47.5 Å². The molecular weight excluding hydrogens is 393 g/mol. The van der Waals surface area contributed by atoms with E-state index >= 15 is 0 Å². The van der Waals surface area contributed by atoms with Gasteiger partial charge < -0.3 is 15.4 Å². The summed E-state index contributed by atoms with van der Waals surface area (Å²) in [5, 5.41) is 1.82. The monoisotopic (exact) mass is 421 g/mol. The van der Waals surface area contributed by atoms with Crippen molar-refractivity contribution < 1.29 is 13.9 Å². The molecule has 162 valence electrons. The number of carbonyl (C=O) groups is 1. The minimum absolute atomic E-state index is 0.0110. The highest BCUT2D eigenvalue weighted by Crippen LogP contribution is 2.29. The van der Waals surface area contributed by atoms with Gasteiger partial charge in [-0.2, -0.15) is 0 Å². The molecule has 5 nitrogen and oxygen atoms in total. The van der Waals surface area contributed by atoms with E-state index in [1.807, 2.05) is 53.4 Å². The number of anilines is 1. The Balaban J connectivity index is 1.39. The molecular formula is C25H28FN3O2. The van der Waals surface area contributed by atoms with Gasteiger partial charge in [-0.15, -0.1) is 0 Å². The largest absolute Gasteiger partial charge is 0.483 e. The van der Waals surface area contributed by atoms with E-state index in [2.05, 4.69) is 18.7 Å². The molecule has 4 rings (SSSR count). The second-order valence-corrected chi connectivity index (χ2v) is 8.29. The lowest BCUT2D eigenvalue weighted by atomic mass is 10.1. The van der Waals surface area contributed by atoms with Gasteiger partial charge in [0, 0.05) is 48.2 Å². The Kier molecular flexibility index (Phi) is 6.09. The van der Waals surface area contributed by atoms with Crippen LogP contribution in [0.5, 0.6) is 5.75 Å². The molecule has 0 bridgehead atoms. The van der Waals surface area contributed by atoms with Gasteiger partial charge in [-0.1, -0.05) is 36.4 Å². The number of carbonyl (C=O) groups excluding carboxylic acids is 1. The van der Waals surface area contributed by atoms with Gasteiger partial charge in [0.05, 0.1) is 0 Å². The number of hydrogen-bond acceptors (Lipinski definition) is 4. The van der Waals surface area contributed by atoms with E-state index in [1.165, 1.54) is 12.1 Å². The number of fused-ring (bicyclic) bond motifs is 1. The first-order valence-corrected chi connectivity index (χ1v) is 10.6. The molecule has 3 aromatic rings. The first-order valence-electron chi connectivity index (χ1n) is 10.6. The molecule has 1 fully saturated rings. The van der Waals surface area contributed by atoms with E-state index in [4.69, 9.17) is 10.5 Å². The van der Waals surface area contributed by atoms with Crippen LogP contribution in [0, 0.1) is 5.82 Å². The van der Waals surface area contributed by atoms with E-state index in [9.17, 15) is 9.18 Å². The fourth-order valence-electron chi connectivity index (χ4n) is 4.24. The van der Waals surface area contributed by atoms with E-state index in [0.717, 1.165) is 29.4 Å². The summed E-state index contributed by atoms with van der Waals surface area (Å²) < 4.78 is 19.1. The fraction of sp³-hybridized carbons (Fsp3) is 0.320. The summed E-state index contributed by atoms with van der Waals surface area (Å²) in [5.41, 5.74) is 7.81. The average Bonchev–Trinajstić information content (AvgIpc) is 2.76. The van der Waals surface area contributed by atoms with Crippen LogP contribution >= 0.6 is 0 Å². The zero-order valence-corrected chi connectivity index (χ0v) is 17.9. The van der Waals surface area contributed by atoms with Crippen LogP contribution in [0.25, 0.3) is 10.8 Å². The summed E-state index contributed by atoms with van der Waals surface area (Å²) in [6.07, 6.45) is 0. The highest BCUT2D eigenvalue weighted by atomic mass is 19.1. The lowest BCUT2D eigenvalue weighted by Gasteiger charge is -2.44. The number of nitrogen functional groups attached to an aromatic ring is 1. The molecule has 0 saturated carbocycles. The second-order valence-electron chi connectivity index (χ2n) is 8.29. The molecule has 1 amide bonds. The van der Waals surface area contributed by atoms with Gasteiger partial charge in [-0.3, -0.25) is 9.69 Å².